The Morgan fingerprint density at radius 2 is 1.75 bits per heavy atom. The molecule has 30 valence electrons. The Morgan fingerprint density at radius 3 is 1.75 bits per heavy atom. The molecule has 0 aromatic carbocycles. The smallest absolute Gasteiger partial charge is 0 e. The minimum Gasteiger partial charge on any atom is -0.180 e. The van der Waals surface area contributed by atoms with Gasteiger partial charge in [0.15, 0.2) is 0 Å². The zero-order chi connectivity index (χ0) is 2.71. The summed E-state index contributed by atoms with van der Waals surface area (Å²) in [7, 11) is 0. The number of thiol groups is 1. The maximum absolute atomic E-state index is 3.79. The number of rotatable bonds is 0. The van der Waals surface area contributed by atoms with Gasteiger partial charge in [0.05, 0.1) is 0 Å². The molecule has 0 saturated carbocycles. The van der Waals surface area contributed by atoms with Gasteiger partial charge in [0.2, 0.25) is 0 Å². The Bertz CT molecular complexity index is 6.00. The molecule has 0 aromatic rings. The van der Waals surface area contributed by atoms with Crippen molar-refractivity contribution in [3.8, 4) is 0 Å². The first-order valence-corrected chi connectivity index (χ1v) is 1.66. The van der Waals surface area contributed by atoms with Gasteiger partial charge in [0.25, 0.3) is 0 Å². The summed E-state index contributed by atoms with van der Waals surface area (Å²) in [4.78, 5) is 0. The Labute approximate surface area is 46.0 Å². The van der Waals surface area contributed by atoms with Crippen molar-refractivity contribution >= 4 is 12.6 Å². The third-order valence-corrected chi connectivity index (χ3v) is 0. The second-order valence-electron chi connectivity index (χ2n) is 0.316. The molecule has 0 rings (SSSR count). The molecule has 0 bridgehead atoms. The van der Waals surface area contributed by atoms with Crippen LogP contribution in [0, 0.1) is 0 Å². The van der Waals surface area contributed by atoms with Crippen molar-refractivity contribution in [2.45, 2.75) is 6.92 Å². The standard InChI is InChI=1S/C2H6S.Pd/c1-2-3;/h3H,2H2,1H3;. The van der Waals surface area contributed by atoms with Gasteiger partial charge in [0.1, 0.15) is 0 Å². The van der Waals surface area contributed by atoms with Crippen LogP contribution in [0.15, 0.2) is 0 Å². The van der Waals surface area contributed by atoms with Crippen molar-refractivity contribution in [2.24, 2.45) is 0 Å². The van der Waals surface area contributed by atoms with Crippen molar-refractivity contribution in [2.75, 3.05) is 5.75 Å². The van der Waals surface area contributed by atoms with E-state index in [0.29, 0.717) is 0 Å². The van der Waals surface area contributed by atoms with Crippen LogP contribution in [-0.4, -0.2) is 5.75 Å². The van der Waals surface area contributed by atoms with Crippen LogP contribution in [0.25, 0.3) is 0 Å². The largest absolute Gasteiger partial charge is 0.180 e. The van der Waals surface area contributed by atoms with Crippen LogP contribution in [-0.2, 0) is 20.4 Å². The molecular formula is C2H6PdS. The van der Waals surface area contributed by atoms with E-state index in [0.717, 1.165) is 5.75 Å². The number of hydrogen-bond donors (Lipinski definition) is 1. The fourth-order valence-corrected chi connectivity index (χ4v) is 0. The van der Waals surface area contributed by atoms with E-state index in [9.17, 15) is 0 Å². The molecule has 0 N–H and O–H groups in total. The van der Waals surface area contributed by atoms with Crippen LogP contribution < -0.4 is 0 Å². The molecule has 4 heavy (non-hydrogen) atoms. The summed E-state index contributed by atoms with van der Waals surface area (Å²) >= 11 is 3.79. The topological polar surface area (TPSA) is 0 Å². The Balaban J connectivity index is 0. The van der Waals surface area contributed by atoms with Crippen LogP contribution in [0.1, 0.15) is 6.92 Å². The Hall–Kier alpha value is 1.01. The van der Waals surface area contributed by atoms with Gasteiger partial charge < -0.3 is 0 Å². The molecule has 0 fully saturated rings. The minimum absolute atomic E-state index is 0. The maximum atomic E-state index is 3.79. The maximum Gasteiger partial charge on any atom is 0 e. The van der Waals surface area contributed by atoms with Crippen molar-refractivity contribution in [1.29, 1.82) is 0 Å². The fraction of sp³-hybridized carbons (Fsp3) is 1.00. The van der Waals surface area contributed by atoms with Crippen LogP contribution in [0.2, 0.25) is 0 Å². The van der Waals surface area contributed by atoms with Gasteiger partial charge in [0, 0.05) is 20.4 Å². The summed E-state index contributed by atoms with van der Waals surface area (Å²) in [6.45, 7) is 1.99. The van der Waals surface area contributed by atoms with E-state index in [1.54, 1.807) is 0 Å². The quantitative estimate of drug-likeness (QED) is 0.404. The molecule has 0 radical (unpaired) electrons. The molecule has 0 spiro atoms. The van der Waals surface area contributed by atoms with Crippen molar-refractivity contribution in [3.05, 3.63) is 0 Å². The molecule has 0 aliphatic rings. The van der Waals surface area contributed by atoms with Crippen molar-refractivity contribution in [3.63, 3.8) is 0 Å². The predicted octanol–water partition coefficient (Wildman–Crippen LogP) is 0.934. The first-order chi connectivity index (χ1) is 1.41. The summed E-state index contributed by atoms with van der Waals surface area (Å²) < 4.78 is 0. The number of hydrogen-bond acceptors (Lipinski definition) is 1. The van der Waals surface area contributed by atoms with Crippen LogP contribution in [0.4, 0.5) is 0 Å². The van der Waals surface area contributed by atoms with Crippen LogP contribution in [0.3, 0.4) is 0 Å². The molecule has 2 heteroatoms. The van der Waals surface area contributed by atoms with E-state index in [4.69, 9.17) is 0 Å². The van der Waals surface area contributed by atoms with Crippen LogP contribution >= 0.6 is 12.6 Å². The van der Waals surface area contributed by atoms with Gasteiger partial charge >= 0.3 is 0 Å². The van der Waals surface area contributed by atoms with Gasteiger partial charge in [-0.3, -0.25) is 0 Å². The summed E-state index contributed by atoms with van der Waals surface area (Å²) in [6, 6.07) is 0. The van der Waals surface area contributed by atoms with Gasteiger partial charge in [-0.2, -0.15) is 12.6 Å². The average molecular weight is 169 g/mol. The van der Waals surface area contributed by atoms with Gasteiger partial charge in [-0.1, -0.05) is 6.92 Å². The summed E-state index contributed by atoms with van der Waals surface area (Å²) in [5.41, 5.74) is 0. The third-order valence-electron chi connectivity index (χ3n) is 0. The SMILES string of the molecule is CCS.[Pd]. The van der Waals surface area contributed by atoms with Crippen molar-refractivity contribution < 1.29 is 20.4 Å². The predicted molar refractivity (Wildman–Crippen MR) is 19.5 cm³/mol. The first-order valence-electron chi connectivity index (χ1n) is 1.02. The molecule has 0 amide bonds. The fourth-order valence-electron chi connectivity index (χ4n) is 0. The van der Waals surface area contributed by atoms with E-state index in [2.05, 4.69) is 12.6 Å². The molecule has 0 aliphatic heterocycles. The monoisotopic (exact) mass is 168 g/mol. The molecule has 0 nitrogen and oxygen atoms in total. The second kappa shape index (κ2) is 8.99. The molecule has 0 atom stereocenters. The van der Waals surface area contributed by atoms with E-state index < -0.39 is 0 Å². The molecule has 0 aliphatic carbocycles. The normalized spacial score (nSPS) is 4.50. The Kier molecular flexibility index (Phi) is 20.0. The summed E-state index contributed by atoms with van der Waals surface area (Å²) in [5.74, 6) is 0.944. The zero-order valence-electron chi connectivity index (χ0n) is 2.47. The van der Waals surface area contributed by atoms with Gasteiger partial charge in [-0.05, 0) is 5.75 Å². The van der Waals surface area contributed by atoms with E-state index >= 15 is 0 Å². The van der Waals surface area contributed by atoms with E-state index in [-0.39, 0.29) is 20.4 Å². The molecule has 0 aromatic heterocycles. The van der Waals surface area contributed by atoms with Gasteiger partial charge in [-0.25, -0.2) is 0 Å². The first kappa shape index (κ1) is 8.89. The van der Waals surface area contributed by atoms with E-state index in [1.807, 2.05) is 6.92 Å². The molecule has 0 saturated heterocycles. The molecule has 0 unspecified atom stereocenters. The van der Waals surface area contributed by atoms with E-state index in [1.165, 1.54) is 0 Å². The van der Waals surface area contributed by atoms with Gasteiger partial charge in [-0.15, -0.1) is 0 Å². The van der Waals surface area contributed by atoms with Crippen molar-refractivity contribution in [1.82, 2.24) is 0 Å². The average Bonchev–Trinajstić information content (AvgIpc) is 0.918. The summed E-state index contributed by atoms with van der Waals surface area (Å²) in [5, 5.41) is 0. The van der Waals surface area contributed by atoms with Crippen LogP contribution in [0.5, 0.6) is 0 Å². The third kappa shape index (κ3) is 11.9. The second-order valence-corrected chi connectivity index (χ2v) is 0.949. The summed E-state index contributed by atoms with van der Waals surface area (Å²) in [6.07, 6.45) is 0. The molecular weight excluding hydrogens is 163 g/mol. The zero-order valence-corrected chi connectivity index (χ0v) is 4.92. The Morgan fingerprint density at radius 1 is 1.75 bits per heavy atom. The minimum atomic E-state index is 0. The molecule has 0 heterocycles.